The highest BCUT2D eigenvalue weighted by atomic mass is 16.5. The minimum atomic E-state index is -0.742. The van der Waals surface area contributed by atoms with E-state index in [1.165, 1.54) is 0 Å². The molecule has 0 bridgehead atoms. The molecule has 1 rings (SSSR count). The van der Waals surface area contributed by atoms with Gasteiger partial charge in [0.25, 0.3) is 0 Å². The predicted octanol–water partition coefficient (Wildman–Crippen LogP) is 1.06. The maximum atomic E-state index is 10.9. The van der Waals surface area contributed by atoms with Gasteiger partial charge in [-0.2, -0.15) is 0 Å². The smallest absolute Gasteiger partial charge is 0.310 e. The first-order valence-corrected chi connectivity index (χ1v) is 5.52. The lowest BCUT2D eigenvalue weighted by Crippen LogP contribution is -2.27. The number of aliphatic carboxylic acids is 1. The fourth-order valence-corrected chi connectivity index (χ4v) is 1.95. The van der Waals surface area contributed by atoms with E-state index in [1.807, 2.05) is 0 Å². The number of carbonyl (C=O) groups is 1. The number of nitrogens with zero attached hydrogens (tertiary/aromatic N) is 1. The van der Waals surface area contributed by atoms with Crippen LogP contribution in [0.1, 0.15) is 20.3 Å². The molecule has 1 aliphatic rings. The van der Waals surface area contributed by atoms with Crippen molar-refractivity contribution in [3.63, 3.8) is 0 Å². The molecule has 0 aromatic rings. The minimum absolute atomic E-state index is 0.144. The van der Waals surface area contributed by atoms with Gasteiger partial charge in [0.15, 0.2) is 0 Å². The Morgan fingerprint density at radius 3 is 2.60 bits per heavy atom. The second-order valence-corrected chi connectivity index (χ2v) is 4.66. The van der Waals surface area contributed by atoms with Crippen molar-refractivity contribution in [2.45, 2.75) is 26.4 Å². The molecule has 0 aromatic carbocycles. The molecule has 0 unspecified atom stereocenters. The van der Waals surface area contributed by atoms with Crippen LogP contribution in [0.2, 0.25) is 0 Å². The molecule has 0 radical (unpaired) electrons. The van der Waals surface area contributed by atoms with Gasteiger partial charge in [0, 0.05) is 20.2 Å². The third kappa shape index (κ3) is 3.47. The van der Waals surface area contributed by atoms with Crippen LogP contribution >= 0.6 is 0 Å². The summed E-state index contributed by atoms with van der Waals surface area (Å²) >= 11 is 0. The lowest BCUT2D eigenvalue weighted by atomic mass is 10.1. The first-order valence-electron chi connectivity index (χ1n) is 5.52. The molecule has 0 aliphatic carbocycles. The Labute approximate surface area is 91.2 Å². The van der Waals surface area contributed by atoms with E-state index in [2.05, 4.69) is 18.7 Å². The number of ether oxygens (including phenoxy) is 1. The van der Waals surface area contributed by atoms with Crippen molar-refractivity contribution in [1.29, 1.82) is 0 Å². The second kappa shape index (κ2) is 5.47. The van der Waals surface area contributed by atoms with Crippen LogP contribution in [-0.4, -0.2) is 48.8 Å². The summed E-state index contributed by atoms with van der Waals surface area (Å²) in [6, 6.07) is 0. The Bertz CT molecular complexity index is 218. The van der Waals surface area contributed by atoms with Gasteiger partial charge in [-0.1, -0.05) is 13.8 Å². The van der Waals surface area contributed by atoms with E-state index < -0.39 is 5.97 Å². The van der Waals surface area contributed by atoms with Gasteiger partial charge in [-0.25, -0.2) is 0 Å². The molecule has 4 nitrogen and oxygen atoms in total. The van der Waals surface area contributed by atoms with Gasteiger partial charge >= 0.3 is 5.97 Å². The maximum absolute atomic E-state index is 10.9. The number of methoxy groups -OCH3 is 1. The molecule has 88 valence electrons. The number of hydrogen-bond acceptors (Lipinski definition) is 3. The SMILES string of the molecule is CO[C@H]1CN(CCC(C)C)C[C@@H]1C(=O)O. The zero-order valence-corrected chi connectivity index (χ0v) is 9.77. The number of hydrogen-bond donors (Lipinski definition) is 1. The summed E-state index contributed by atoms with van der Waals surface area (Å²) in [5, 5.41) is 9.00. The van der Waals surface area contributed by atoms with Crippen molar-refractivity contribution in [1.82, 2.24) is 4.90 Å². The summed E-state index contributed by atoms with van der Waals surface area (Å²) in [5.41, 5.74) is 0. The summed E-state index contributed by atoms with van der Waals surface area (Å²) in [6.45, 7) is 6.71. The van der Waals surface area contributed by atoms with Gasteiger partial charge in [-0.15, -0.1) is 0 Å². The van der Waals surface area contributed by atoms with Gasteiger partial charge in [-0.3, -0.25) is 9.69 Å². The molecule has 0 saturated carbocycles. The highest BCUT2D eigenvalue weighted by Crippen LogP contribution is 2.20. The minimum Gasteiger partial charge on any atom is -0.481 e. The number of likely N-dealkylation sites (tertiary alicyclic amines) is 1. The van der Waals surface area contributed by atoms with E-state index in [0.717, 1.165) is 19.5 Å². The van der Waals surface area contributed by atoms with Crippen molar-refractivity contribution in [3.8, 4) is 0 Å². The number of carboxylic acid groups (broad SMARTS) is 1. The van der Waals surface area contributed by atoms with Crippen LogP contribution in [0.25, 0.3) is 0 Å². The summed E-state index contributed by atoms with van der Waals surface area (Å²) in [5.74, 6) is -0.439. The first kappa shape index (κ1) is 12.5. The van der Waals surface area contributed by atoms with Crippen LogP contribution < -0.4 is 0 Å². The Hall–Kier alpha value is -0.610. The van der Waals surface area contributed by atoms with Crippen molar-refractivity contribution < 1.29 is 14.6 Å². The summed E-state index contributed by atoms with van der Waals surface area (Å²) in [6.07, 6.45) is 0.970. The van der Waals surface area contributed by atoms with Crippen LogP contribution in [0.4, 0.5) is 0 Å². The topological polar surface area (TPSA) is 49.8 Å². The first-order chi connectivity index (χ1) is 7.04. The van der Waals surface area contributed by atoms with E-state index in [0.29, 0.717) is 12.5 Å². The Balaban J connectivity index is 2.42. The average molecular weight is 215 g/mol. The molecule has 2 atom stereocenters. The second-order valence-electron chi connectivity index (χ2n) is 4.66. The standard InChI is InChI=1S/C11H21NO3/c1-8(2)4-5-12-6-9(11(13)14)10(7-12)15-3/h8-10H,4-7H2,1-3H3,(H,13,14)/t9-,10-/m0/s1. The van der Waals surface area contributed by atoms with Crippen molar-refractivity contribution in [2.75, 3.05) is 26.7 Å². The monoisotopic (exact) mass is 215 g/mol. The number of carboxylic acids is 1. The Morgan fingerprint density at radius 2 is 2.20 bits per heavy atom. The van der Waals surface area contributed by atoms with Crippen LogP contribution in [-0.2, 0) is 9.53 Å². The number of rotatable bonds is 5. The highest BCUT2D eigenvalue weighted by molar-refractivity contribution is 5.71. The largest absolute Gasteiger partial charge is 0.481 e. The molecule has 1 saturated heterocycles. The van der Waals surface area contributed by atoms with Crippen molar-refractivity contribution in [3.05, 3.63) is 0 Å². The third-order valence-electron chi connectivity index (χ3n) is 2.98. The van der Waals surface area contributed by atoms with Gasteiger partial charge in [-0.05, 0) is 18.9 Å². The average Bonchev–Trinajstić information content (AvgIpc) is 2.57. The Kier molecular flexibility index (Phi) is 4.54. The fraction of sp³-hybridized carbons (Fsp3) is 0.909. The van der Waals surface area contributed by atoms with Crippen LogP contribution in [0.15, 0.2) is 0 Å². The Morgan fingerprint density at radius 1 is 1.53 bits per heavy atom. The van der Waals surface area contributed by atoms with E-state index in [4.69, 9.17) is 9.84 Å². The molecule has 0 aromatic heterocycles. The van der Waals surface area contributed by atoms with Crippen LogP contribution in [0.5, 0.6) is 0 Å². The lowest BCUT2D eigenvalue weighted by Gasteiger charge is -2.16. The highest BCUT2D eigenvalue weighted by Gasteiger charge is 2.37. The summed E-state index contributed by atoms with van der Waals surface area (Å²) in [4.78, 5) is 13.1. The van der Waals surface area contributed by atoms with Crippen LogP contribution in [0, 0.1) is 11.8 Å². The van der Waals surface area contributed by atoms with Gasteiger partial charge in [0.1, 0.15) is 0 Å². The van der Waals surface area contributed by atoms with E-state index in [9.17, 15) is 4.79 Å². The van der Waals surface area contributed by atoms with Crippen LogP contribution in [0.3, 0.4) is 0 Å². The third-order valence-corrected chi connectivity index (χ3v) is 2.98. The van der Waals surface area contributed by atoms with E-state index >= 15 is 0 Å². The molecular formula is C11H21NO3. The van der Waals surface area contributed by atoms with E-state index in [1.54, 1.807) is 7.11 Å². The summed E-state index contributed by atoms with van der Waals surface area (Å²) < 4.78 is 5.20. The fourth-order valence-electron chi connectivity index (χ4n) is 1.95. The molecule has 1 heterocycles. The van der Waals surface area contributed by atoms with Gasteiger partial charge < -0.3 is 9.84 Å². The van der Waals surface area contributed by atoms with Gasteiger partial charge in [0.2, 0.25) is 0 Å². The molecular weight excluding hydrogens is 194 g/mol. The lowest BCUT2D eigenvalue weighted by molar-refractivity contribution is -0.144. The normalized spacial score (nSPS) is 27.5. The van der Waals surface area contributed by atoms with E-state index in [-0.39, 0.29) is 12.0 Å². The molecule has 1 fully saturated rings. The van der Waals surface area contributed by atoms with Crippen molar-refractivity contribution >= 4 is 5.97 Å². The maximum Gasteiger partial charge on any atom is 0.310 e. The molecule has 1 N–H and O–H groups in total. The molecule has 1 aliphatic heterocycles. The predicted molar refractivity (Wildman–Crippen MR) is 57.8 cm³/mol. The molecule has 0 amide bonds. The molecule has 15 heavy (non-hydrogen) atoms. The quantitative estimate of drug-likeness (QED) is 0.745. The van der Waals surface area contributed by atoms with Gasteiger partial charge in [0.05, 0.1) is 12.0 Å². The molecule has 0 spiro atoms. The summed E-state index contributed by atoms with van der Waals surface area (Å²) in [7, 11) is 1.59. The molecule has 4 heteroatoms. The zero-order chi connectivity index (χ0) is 11.4. The zero-order valence-electron chi connectivity index (χ0n) is 9.77. The van der Waals surface area contributed by atoms with Crippen molar-refractivity contribution in [2.24, 2.45) is 11.8 Å².